The summed E-state index contributed by atoms with van der Waals surface area (Å²) in [5, 5.41) is 12.4. The summed E-state index contributed by atoms with van der Waals surface area (Å²) in [5.74, 6) is -1.70. The van der Waals surface area contributed by atoms with Crippen molar-refractivity contribution in [1.29, 1.82) is 0 Å². The maximum atomic E-state index is 11.7. The molecule has 0 saturated carbocycles. The zero-order chi connectivity index (χ0) is 15.5. The Morgan fingerprint density at radius 1 is 1.45 bits per heavy atom. The normalized spacial score (nSPS) is 20.6. The minimum Gasteiger partial charge on any atom is -0.480 e. The van der Waals surface area contributed by atoms with Gasteiger partial charge in [0.15, 0.2) is 0 Å². The molecule has 2 atom stereocenters. The fraction of sp³-hybridized carbons (Fsp3) is 0.538. The van der Waals surface area contributed by atoms with Gasteiger partial charge in [-0.05, 0) is 33.3 Å². The third-order valence-corrected chi connectivity index (χ3v) is 2.96. The first-order valence-electron chi connectivity index (χ1n) is 6.04. The van der Waals surface area contributed by atoms with Crippen LogP contribution in [0.25, 0.3) is 0 Å². The summed E-state index contributed by atoms with van der Waals surface area (Å²) in [7, 11) is 0. The second kappa shape index (κ2) is 6.50. The number of halogens is 2. The molecule has 0 aromatic carbocycles. The lowest BCUT2D eigenvalue weighted by atomic mass is 9.92. The quantitative estimate of drug-likeness (QED) is 0.836. The molecule has 1 rings (SSSR count). The first-order valence-corrected chi connectivity index (χ1v) is 6.80. The molecule has 2 unspecified atom stereocenters. The Hall–Kier alpha value is -1.20. The van der Waals surface area contributed by atoms with Crippen molar-refractivity contribution in [3.63, 3.8) is 0 Å². The first-order chi connectivity index (χ1) is 9.08. The van der Waals surface area contributed by atoms with Crippen molar-refractivity contribution in [2.45, 2.75) is 38.8 Å². The van der Waals surface area contributed by atoms with E-state index in [-0.39, 0.29) is 0 Å². The second-order valence-corrected chi connectivity index (χ2v) is 6.39. The van der Waals surface area contributed by atoms with Gasteiger partial charge in [0.2, 0.25) is 0 Å². The van der Waals surface area contributed by atoms with E-state index in [4.69, 9.17) is 27.9 Å². The van der Waals surface area contributed by atoms with Gasteiger partial charge in [-0.15, -0.1) is 0 Å². The molecule has 0 spiro atoms. The van der Waals surface area contributed by atoms with Crippen molar-refractivity contribution in [2.24, 2.45) is 5.92 Å². The molecular weight excluding hydrogens is 305 g/mol. The highest BCUT2D eigenvalue weighted by Crippen LogP contribution is 2.29. The van der Waals surface area contributed by atoms with Gasteiger partial charge in [-0.1, -0.05) is 29.3 Å². The predicted molar refractivity (Wildman–Crippen MR) is 76.8 cm³/mol. The Balaban J connectivity index is 2.79. The number of hydrogen-bond acceptors (Lipinski definition) is 3. The summed E-state index contributed by atoms with van der Waals surface area (Å²) in [5.41, 5.74) is -0.704. The largest absolute Gasteiger partial charge is 0.480 e. The van der Waals surface area contributed by atoms with Crippen LogP contribution in [0.15, 0.2) is 22.2 Å². The number of carbonyl (C=O) groups is 2. The van der Waals surface area contributed by atoms with E-state index in [9.17, 15) is 14.7 Å². The molecule has 0 aliphatic heterocycles. The summed E-state index contributed by atoms with van der Waals surface area (Å²) in [6.07, 6.45) is 2.61. The van der Waals surface area contributed by atoms with Gasteiger partial charge in [0.25, 0.3) is 0 Å². The molecule has 1 amide bonds. The number of ether oxygens (including phenoxy) is 1. The minimum atomic E-state index is -1.17. The number of rotatable bonds is 3. The molecule has 0 fully saturated rings. The number of carboxylic acid groups (broad SMARTS) is 1. The Kier molecular flexibility index (Phi) is 5.48. The Labute approximate surface area is 127 Å². The number of allylic oxidation sites excluding steroid dienone is 3. The number of amides is 1. The van der Waals surface area contributed by atoms with Crippen LogP contribution >= 0.6 is 23.2 Å². The Bertz CT molecular complexity index is 465. The van der Waals surface area contributed by atoms with Crippen molar-refractivity contribution in [2.75, 3.05) is 0 Å². The van der Waals surface area contributed by atoms with Gasteiger partial charge in [0.1, 0.15) is 11.6 Å². The number of carboxylic acids is 1. The zero-order valence-electron chi connectivity index (χ0n) is 11.4. The number of aliphatic carboxylic acids is 1. The van der Waals surface area contributed by atoms with E-state index >= 15 is 0 Å². The van der Waals surface area contributed by atoms with Gasteiger partial charge in [0.05, 0.1) is 0 Å². The molecule has 0 heterocycles. The monoisotopic (exact) mass is 321 g/mol. The van der Waals surface area contributed by atoms with Crippen LogP contribution in [-0.4, -0.2) is 28.8 Å². The van der Waals surface area contributed by atoms with E-state index in [1.54, 1.807) is 32.9 Å². The molecule has 112 valence electrons. The summed E-state index contributed by atoms with van der Waals surface area (Å²) in [4.78, 5) is 23.0. The third-order valence-electron chi connectivity index (χ3n) is 2.46. The summed E-state index contributed by atoms with van der Waals surface area (Å²) >= 11 is 11.8. The molecule has 5 nitrogen and oxygen atoms in total. The molecule has 2 N–H and O–H groups in total. The highest BCUT2D eigenvalue weighted by atomic mass is 35.5. The summed E-state index contributed by atoms with van der Waals surface area (Å²) in [6.45, 7) is 5.08. The van der Waals surface area contributed by atoms with Crippen LogP contribution in [0.2, 0.25) is 0 Å². The standard InChI is InChI=1S/C13H17Cl2NO4/c1-13(2,3)20-12(19)16-10(11(17)18)7-4-8(14)6-9(15)5-7/h4,6-7,10H,5H2,1-3H3,(H,16,19)(H,17,18). The predicted octanol–water partition coefficient (Wildman–Crippen LogP) is 3.23. The van der Waals surface area contributed by atoms with Crippen LogP contribution in [0.5, 0.6) is 0 Å². The van der Waals surface area contributed by atoms with Crippen molar-refractivity contribution in [3.8, 4) is 0 Å². The molecule has 20 heavy (non-hydrogen) atoms. The number of nitrogens with one attached hydrogen (secondary N) is 1. The molecule has 1 aliphatic rings. The van der Waals surface area contributed by atoms with Crippen LogP contribution in [-0.2, 0) is 9.53 Å². The average molecular weight is 322 g/mol. The van der Waals surface area contributed by atoms with Gasteiger partial charge >= 0.3 is 12.1 Å². The molecule has 1 aliphatic carbocycles. The molecule has 0 aromatic heterocycles. The van der Waals surface area contributed by atoms with E-state index < -0.39 is 29.6 Å². The second-order valence-electron chi connectivity index (χ2n) is 5.47. The zero-order valence-corrected chi connectivity index (χ0v) is 13.0. The lowest BCUT2D eigenvalue weighted by Crippen LogP contribution is -2.47. The van der Waals surface area contributed by atoms with Crippen LogP contribution < -0.4 is 5.32 Å². The minimum absolute atomic E-state index is 0.296. The number of alkyl carbamates (subject to hydrolysis) is 1. The maximum absolute atomic E-state index is 11.7. The molecule has 7 heteroatoms. The van der Waals surface area contributed by atoms with Crippen molar-refractivity contribution >= 4 is 35.3 Å². The number of carbonyl (C=O) groups excluding carboxylic acids is 1. The van der Waals surface area contributed by atoms with Gasteiger partial charge in [-0.2, -0.15) is 0 Å². The lowest BCUT2D eigenvalue weighted by molar-refractivity contribution is -0.140. The molecule has 0 aromatic rings. The molecule has 0 bridgehead atoms. The van der Waals surface area contributed by atoms with Crippen LogP contribution in [0.1, 0.15) is 27.2 Å². The highest BCUT2D eigenvalue weighted by molar-refractivity contribution is 6.35. The van der Waals surface area contributed by atoms with Crippen molar-refractivity contribution < 1.29 is 19.4 Å². The van der Waals surface area contributed by atoms with Gasteiger partial charge in [0, 0.05) is 16.0 Å². The topological polar surface area (TPSA) is 75.6 Å². The smallest absolute Gasteiger partial charge is 0.408 e. The third kappa shape index (κ3) is 5.43. The fourth-order valence-electron chi connectivity index (χ4n) is 1.75. The van der Waals surface area contributed by atoms with Crippen LogP contribution in [0.3, 0.4) is 0 Å². The Morgan fingerprint density at radius 2 is 2.05 bits per heavy atom. The van der Waals surface area contributed by atoms with E-state index in [0.29, 0.717) is 16.5 Å². The van der Waals surface area contributed by atoms with Crippen LogP contribution in [0.4, 0.5) is 4.79 Å². The van der Waals surface area contributed by atoms with Crippen molar-refractivity contribution in [1.82, 2.24) is 5.32 Å². The average Bonchev–Trinajstić information content (AvgIpc) is 2.21. The highest BCUT2D eigenvalue weighted by Gasteiger charge is 2.32. The van der Waals surface area contributed by atoms with Gasteiger partial charge < -0.3 is 15.2 Å². The maximum Gasteiger partial charge on any atom is 0.408 e. The van der Waals surface area contributed by atoms with Crippen LogP contribution in [0, 0.1) is 5.92 Å². The summed E-state index contributed by atoms with van der Waals surface area (Å²) in [6, 6.07) is -1.15. The lowest BCUT2D eigenvalue weighted by Gasteiger charge is -2.26. The molecular formula is C13H17Cl2NO4. The van der Waals surface area contributed by atoms with E-state index in [1.807, 2.05) is 0 Å². The Morgan fingerprint density at radius 3 is 2.50 bits per heavy atom. The van der Waals surface area contributed by atoms with Gasteiger partial charge in [-0.25, -0.2) is 9.59 Å². The fourth-order valence-corrected chi connectivity index (χ4v) is 2.39. The van der Waals surface area contributed by atoms with Crippen molar-refractivity contribution in [3.05, 3.63) is 22.2 Å². The van der Waals surface area contributed by atoms with E-state index in [1.165, 1.54) is 0 Å². The number of hydrogen-bond donors (Lipinski definition) is 2. The SMILES string of the molecule is CC(C)(C)OC(=O)NC(C(=O)O)C1C=C(Cl)C=C(Cl)C1. The molecule has 0 saturated heterocycles. The molecule has 0 radical (unpaired) electrons. The van der Waals surface area contributed by atoms with Gasteiger partial charge in [-0.3, -0.25) is 0 Å². The van der Waals surface area contributed by atoms with E-state index in [2.05, 4.69) is 5.32 Å². The summed E-state index contributed by atoms with van der Waals surface area (Å²) < 4.78 is 5.05. The van der Waals surface area contributed by atoms with E-state index in [0.717, 1.165) is 0 Å². The first kappa shape index (κ1) is 16.9.